The van der Waals surface area contributed by atoms with Gasteiger partial charge in [0.15, 0.2) is 6.10 Å². The van der Waals surface area contributed by atoms with Crippen molar-refractivity contribution >= 4 is 50.8 Å². The van der Waals surface area contributed by atoms with Gasteiger partial charge in [-0.05, 0) is 31.2 Å². The Labute approximate surface area is 190 Å². The molecular formula is C20H20Cl2N2O6S. The number of esters is 1. The molecule has 1 fully saturated rings. The van der Waals surface area contributed by atoms with Crippen LogP contribution in [0, 0.1) is 0 Å². The molecule has 2 aromatic carbocycles. The topological polar surface area (TPSA) is 102 Å². The molecule has 1 aliphatic heterocycles. The van der Waals surface area contributed by atoms with E-state index >= 15 is 0 Å². The third kappa shape index (κ3) is 5.55. The molecule has 0 radical (unpaired) electrons. The third-order valence-corrected chi connectivity index (χ3v) is 7.20. The molecule has 1 saturated heterocycles. The normalized spacial score (nSPS) is 15.8. The number of hydrogen-bond acceptors (Lipinski definition) is 6. The molecule has 11 heteroatoms. The van der Waals surface area contributed by atoms with Crippen molar-refractivity contribution in [2.45, 2.75) is 17.9 Å². The summed E-state index contributed by atoms with van der Waals surface area (Å²) in [6.45, 7) is 2.24. The number of anilines is 1. The smallest absolute Gasteiger partial charge is 0.340 e. The van der Waals surface area contributed by atoms with E-state index in [1.165, 1.54) is 17.3 Å². The van der Waals surface area contributed by atoms with Crippen molar-refractivity contribution in [2.24, 2.45) is 0 Å². The summed E-state index contributed by atoms with van der Waals surface area (Å²) in [5.41, 5.74) is 0.330. The van der Waals surface area contributed by atoms with Crippen LogP contribution >= 0.6 is 23.2 Å². The number of morpholine rings is 1. The summed E-state index contributed by atoms with van der Waals surface area (Å²) in [6.07, 6.45) is -1.15. The molecule has 0 saturated carbocycles. The first-order valence-electron chi connectivity index (χ1n) is 9.34. The average Bonchev–Trinajstić information content (AvgIpc) is 2.74. The van der Waals surface area contributed by atoms with Crippen molar-refractivity contribution in [3.05, 3.63) is 58.1 Å². The van der Waals surface area contributed by atoms with Gasteiger partial charge in [-0.1, -0.05) is 41.4 Å². The predicted octanol–water partition coefficient (Wildman–Crippen LogP) is 3.20. The largest absolute Gasteiger partial charge is 0.449 e. The maximum Gasteiger partial charge on any atom is 0.340 e. The van der Waals surface area contributed by atoms with E-state index in [1.807, 2.05) is 0 Å². The summed E-state index contributed by atoms with van der Waals surface area (Å²) >= 11 is 12.2. The van der Waals surface area contributed by atoms with Crippen molar-refractivity contribution in [3.8, 4) is 0 Å². The molecule has 0 spiro atoms. The zero-order chi connectivity index (χ0) is 22.6. The maximum absolute atomic E-state index is 13.0. The van der Waals surface area contributed by atoms with Crippen LogP contribution in [0.15, 0.2) is 47.4 Å². The maximum atomic E-state index is 13.0. The second-order valence-electron chi connectivity index (χ2n) is 6.68. The SMILES string of the molecule is C[C@@H](OC(=O)c1cc(S(=O)(=O)N2CCOCC2)c(Cl)cc1Cl)C(=O)Nc1ccccc1. The molecule has 0 aliphatic carbocycles. The quantitative estimate of drug-likeness (QED) is 0.628. The second kappa shape index (κ2) is 9.97. The Morgan fingerprint density at radius 3 is 2.39 bits per heavy atom. The van der Waals surface area contributed by atoms with Gasteiger partial charge in [0.05, 0.1) is 28.8 Å². The van der Waals surface area contributed by atoms with Crippen LogP contribution in [0.1, 0.15) is 17.3 Å². The Kier molecular flexibility index (Phi) is 7.55. The van der Waals surface area contributed by atoms with Gasteiger partial charge in [0.2, 0.25) is 10.0 Å². The number of carbonyl (C=O) groups is 2. The highest BCUT2D eigenvalue weighted by molar-refractivity contribution is 7.89. The summed E-state index contributed by atoms with van der Waals surface area (Å²) in [5, 5.41) is 2.40. The highest BCUT2D eigenvalue weighted by Crippen LogP contribution is 2.31. The lowest BCUT2D eigenvalue weighted by molar-refractivity contribution is -0.123. The number of hydrogen-bond donors (Lipinski definition) is 1. The molecule has 0 aromatic heterocycles. The van der Waals surface area contributed by atoms with Gasteiger partial charge in [-0.3, -0.25) is 4.79 Å². The summed E-state index contributed by atoms with van der Waals surface area (Å²) in [6, 6.07) is 10.9. The summed E-state index contributed by atoms with van der Waals surface area (Å²) in [7, 11) is -3.98. The lowest BCUT2D eigenvalue weighted by Gasteiger charge is -2.26. The van der Waals surface area contributed by atoms with Crippen molar-refractivity contribution in [3.63, 3.8) is 0 Å². The van der Waals surface area contributed by atoms with Crippen LogP contribution in [0.3, 0.4) is 0 Å². The highest BCUT2D eigenvalue weighted by atomic mass is 35.5. The zero-order valence-corrected chi connectivity index (χ0v) is 18.8. The fourth-order valence-electron chi connectivity index (χ4n) is 2.85. The first-order chi connectivity index (χ1) is 14.7. The van der Waals surface area contributed by atoms with Crippen LogP contribution in [0.5, 0.6) is 0 Å². The van der Waals surface area contributed by atoms with E-state index in [0.717, 1.165) is 6.07 Å². The standard InChI is InChI=1S/C20H20Cl2N2O6S/c1-13(19(25)23-14-5-3-2-4-6-14)30-20(26)15-11-18(17(22)12-16(15)21)31(27,28)24-7-9-29-10-8-24/h2-6,11-13H,7-10H2,1H3,(H,23,25)/t13-/m1/s1. The van der Waals surface area contributed by atoms with Gasteiger partial charge >= 0.3 is 5.97 Å². The number of nitrogens with zero attached hydrogens (tertiary/aromatic N) is 1. The molecule has 166 valence electrons. The van der Waals surface area contributed by atoms with Crippen molar-refractivity contribution in [1.82, 2.24) is 4.31 Å². The van der Waals surface area contributed by atoms with E-state index < -0.39 is 28.0 Å². The van der Waals surface area contributed by atoms with E-state index in [0.29, 0.717) is 5.69 Å². The second-order valence-corrected chi connectivity index (χ2v) is 9.40. The van der Waals surface area contributed by atoms with Gasteiger partial charge in [0.25, 0.3) is 5.91 Å². The fourth-order valence-corrected chi connectivity index (χ4v) is 5.09. The first-order valence-corrected chi connectivity index (χ1v) is 11.5. The van der Waals surface area contributed by atoms with Crippen LogP contribution in [-0.4, -0.2) is 57.0 Å². The zero-order valence-electron chi connectivity index (χ0n) is 16.5. The number of ether oxygens (including phenoxy) is 2. The highest BCUT2D eigenvalue weighted by Gasteiger charge is 2.31. The van der Waals surface area contributed by atoms with Crippen molar-refractivity contribution in [1.29, 1.82) is 0 Å². The Balaban J connectivity index is 1.79. The van der Waals surface area contributed by atoms with E-state index in [4.69, 9.17) is 32.7 Å². The van der Waals surface area contributed by atoms with Gasteiger partial charge < -0.3 is 14.8 Å². The fraction of sp³-hybridized carbons (Fsp3) is 0.300. The van der Waals surface area contributed by atoms with Crippen LogP contribution in [-0.2, 0) is 24.3 Å². The minimum atomic E-state index is -3.98. The summed E-state index contributed by atoms with van der Waals surface area (Å²) in [5.74, 6) is -1.50. The third-order valence-electron chi connectivity index (χ3n) is 4.52. The lowest BCUT2D eigenvalue weighted by Crippen LogP contribution is -2.40. The number of benzene rings is 2. The molecule has 1 amide bonds. The average molecular weight is 487 g/mol. The molecule has 1 aliphatic rings. The molecule has 1 atom stereocenters. The van der Waals surface area contributed by atoms with E-state index in [1.54, 1.807) is 30.3 Å². The molecule has 1 heterocycles. The van der Waals surface area contributed by atoms with Crippen LogP contribution in [0.2, 0.25) is 10.0 Å². The monoisotopic (exact) mass is 486 g/mol. The molecule has 3 rings (SSSR count). The minimum Gasteiger partial charge on any atom is -0.449 e. The van der Waals surface area contributed by atoms with Crippen molar-refractivity contribution < 1.29 is 27.5 Å². The number of rotatable bonds is 6. The molecular weight excluding hydrogens is 467 g/mol. The number of sulfonamides is 1. The van der Waals surface area contributed by atoms with Gasteiger partial charge in [0, 0.05) is 18.8 Å². The number of nitrogens with one attached hydrogen (secondary N) is 1. The van der Waals surface area contributed by atoms with Gasteiger partial charge in [-0.2, -0.15) is 4.31 Å². The number of carbonyl (C=O) groups excluding carboxylic acids is 2. The number of halogens is 2. The molecule has 31 heavy (non-hydrogen) atoms. The van der Waals surface area contributed by atoms with Gasteiger partial charge in [-0.25, -0.2) is 13.2 Å². The van der Waals surface area contributed by atoms with E-state index in [-0.39, 0.29) is 46.8 Å². The van der Waals surface area contributed by atoms with E-state index in [2.05, 4.69) is 5.32 Å². The van der Waals surface area contributed by atoms with Gasteiger partial charge in [0.1, 0.15) is 4.90 Å². The van der Waals surface area contributed by atoms with Crippen LogP contribution in [0.4, 0.5) is 5.69 Å². The lowest BCUT2D eigenvalue weighted by atomic mass is 10.2. The molecule has 2 aromatic rings. The Hall–Kier alpha value is -2.17. The van der Waals surface area contributed by atoms with Gasteiger partial charge in [-0.15, -0.1) is 0 Å². The summed E-state index contributed by atoms with van der Waals surface area (Å²) in [4.78, 5) is 24.7. The van der Waals surface area contributed by atoms with E-state index in [9.17, 15) is 18.0 Å². The molecule has 0 unspecified atom stereocenters. The Morgan fingerprint density at radius 2 is 1.74 bits per heavy atom. The van der Waals surface area contributed by atoms with Crippen molar-refractivity contribution in [2.75, 3.05) is 31.6 Å². The summed E-state index contributed by atoms with van der Waals surface area (Å²) < 4.78 is 37.5. The Morgan fingerprint density at radius 1 is 1.10 bits per heavy atom. The molecule has 8 nitrogen and oxygen atoms in total. The number of amides is 1. The van der Waals surface area contributed by atoms with Crippen LogP contribution < -0.4 is 5.32 Å². The number of para-hydroxylation sites is 1. The first kappa shape index (κ1) is 23.5. The molecule has 0 bridgehead atoms. The predicted molar refractivity (Wildman–Crippen MR) is 116 cm³/mol. The minimum absolute atomic E-state index is 0.0911. The molecule has 1 N–H and O–H groups in total. The Bertz CT molecular complexity index is 1070. The van der Waals surface area contributed by atoms with Crippen LogP contribution in [0.25, 0.3) is 0 Å².